The largest absolute Gasteiger partial charge is 0.372 e. The average Bonchev–Trinajstić information content (AvgIpc) is 3.07. The second-order valence-corrected chi connectivity index (χ2v) is 11.0. The molecule has 1 aromatic heterocycles. The lowest BCUT2D eigenvalue weighted by Gasteiger charge is -2.39. The van der Waals surface area contributed by atoms with Gasteiger partial charge < -0.3 is 9.64 Å². The van der Waals surface area contributed by atoms with E-state index < -0.39 is 0 Å². The number of rotatable bonds is 9. The van der Waals surface area contributed by atoms with Gasteiger partial charge in [0.2, 0.25) is 0 Å². The Morgan fingerprint density at radius 1 is 1.11 bits per heavy atom. The van der Waals surface area contributed by atoms with E-state index in [4.69, 9.17) is 17.0 Å². The fourth-order valence-corrected chi connectivity index (χ4v) is 5.99. The standard InChI is InChI=1S/C26H36N4O3S2/c1-6-8-10-12-30-25(32)22(35-26(30)34)13-20-19(5)21(14-27)24(31)29(11-9-7-2)23(20)28-15-17(3)33-18(4)16-28/h13,17-18H,6-12,15-16H2,1-5H3/b22-13+. The summed E-state index contributed by atoms with van der Waals surface area (Å²) in [7, 11) is 0. The number of thioether (sulfide) groups is 1. The smallest absolute Gasteiger partial charge is 0.270 e. The van der Waals surface area contributed by atoms with Gasteiger partial charge in [0.05, 0.1) is 17.1 Å². The molecule has 0 spiro atoms. The van der Waals surface area contributed by atoms with Gasteiger partial charge in [-0.2, -0.15) is 5.26 Å². The fraction of sp³-hybridized carbons (Fsp3) is 0.615. The first kappa shape index (κ1) is 27.4. The van der Waals surface area contributed by atoms with Crippen molar-refractivity contribution in [2.24, 2.45) is 0 Å². The number of thiocarbonyl (C=S) groups is 1. The lowest BCUT2D eigenvalue weighted by molar-refractivity contribution is -0.122. The molecule has 0 bridgehead atoms. The molecule has 9 heteroatoms. The van der Waals surface area contributed by atoms with E-state index in [1.54, 1.807) is 16.4 Å². The van der Waals surface area contributed by atoms with Gasteiger partial charge in [-0.05, 0) is 45.3 Å². The highest BCUT2D eigenvalue weighted by Gasteiger charge is 2.34. The van der Waals surface area contributed by atoms with Crippen molar-refractivity contribution < 1.29 is 9.53 Å². The highest BCUT2D eigenvalue weighted by molar-refractivity contribution is 8.26. The number of aromatic nitrogens is 1. The monoisotopic (exact) mass is 516 g/mol. The number of hydrogen-bond donors (Lipinski definition) is 0. The Labute approximate surface area is 218 Å². The molecule has 35 heavy (non-hydrogen) atoms. The van der Waals surface area contributed by atoms with Crippen LogP contribution in [-0.2, 0) is 16.1 Å². The number of unbranched alkanes of at least 4 members (excludes halogenated alkanes) is 3. The summed E-state index contributed by atoms with van der Waals surface area (Å²) in [6.07, 6.45) is 6.59. The molecule has 2 aliphatic rings. The van der Waals surface area contributed by atoms with Gasteiger partial charge in [-0.15, -0.1) is 0 Å². The van der Waals surface area contributed by atoms with Gasteiger partial charge in [-0.1, -0.05) is 57.1 Å². The Bertz CT molecular complexity index is 1100. The van der Waals surface area contributed by atoms with E-state index in [-0.39, 0.29) is 29.2 Å². The SMILES string of the molecule is CCCCCN1C(=O)/C(=C\c2c(C)c(C#N)c(=O)n(CCCC)c2N2CC(C)OC(C)C2)SC1=S. The summed E-state index contributed by atoms with van der Waals surface area (Å²) in [4.78, 5) is 31.1. The Hall–Kier alpha value is -2.15. The van der Waals surface area contributed by atoms with Crippen LogP contribution >= 0.6 is 24.0 Å². The average molecular weight is 517 g/mol. The highest BCUT2D eigenvalue weighted by Crippen LogP contribution is 2.36. The van der Waals surface area contributed by atoms with Gasteiger partial charge in [0.15, 0.2) is 0 Å². The van der Waals surface area contributed by atoms with Crippen molar-refractivity contribution in [3.63, 3.8) is 0 Å². The summed E-state index contributed by atoms with van der Waals surface area (Å²) in [5.41, 5.74) is 1.20. The normalized spacial score (nSPS) is 21.8. The van der Waals surface area contributed by atoms with Gasteiger partial charge in [0, 0.05) is 31.7 Å². The van der Waals surface area contributed by atoms with Gasteiger partial charge >= 0.3 is 0 Å². The first-order valence-corrected chi connectivity index (χ1v) is 13.8. The zero-order chi connectivity index (χ0) is 25.7. The summed E-state index contributed by atoms with van der Waals surface area (Å²) >= 11 is 6.82. The number of anilines is 1. The molecule has 2 fully saturated rings. The van der Waals surface area contributed by atoms with Gasteiger partial charge in [-0.25, -0.2) is 0 Å². The summed E-state index contributed by atoms with van der Waals surface area (Å²) in [6.45, 7) is 12.4. The molecular formula is C26H36N4O3S2. The van der Waals surface area contributed by atoms with Gasteiger partial charge in [0.25, 0.3) is 11.5 Å². The van der Waals surface area contributed by atoms with Crippen LogP contribution in [-0.4, -0.2) is 51.5 Å². The van der Waals surface area contributed by atoms with Crippen molar-refractivity contribution >= 4 is 46.1 Å². The number of amides is 1. The van der Waals surface area contributed by atoms with Crippen molar-refractivity contribution in [1.82, 2.24) is 9.47 Å². The number of nitriles is 1. The minimum atomic E-state index is -0.274. The molecule has 0 N–H and O–H groups in total. The van der Waals surface area contributed by atoms with Crippen molar-refractivity contribution in [1.29, 1.82) is 5.26 Å². The van der Waals surface area contributed by atoms with E-state index >= 15 is 0 Å². The molecule has 0 aliphatic carbocycles. The number of carbonyl (C=O) groups is 1. The Kier molecular flexibility index (Phi) is 9.56. The summed E-state index contributed by atoms with van der Waals surface area (Å²) in [6, 6.07) is 2.12. The second-order valence-electron chi connectivity index (χ2n) is 9.36. The molecule has 190 valence electrons. The second kappa shape index (κ2) is 12.2. The van der Waals surface area contributed by atoms with Crippen molar-refractivity contribution in [2.45, 2.75) is 85.5 Å². The topological polar surface area (TPSA) is 78.6 Å². The van der Waals surface area contributed by atoms with E-state index in [9.17, 15) is 14.9 Å². The van der Waals surface area contributed by atoms with Crippen LogP contribution in [0.4, 0.5) is 5.82 Å². The van der Waals surface area contributed by atoms with Crippen molar-refractivity contribution in [3.8, 4) is 6.07 Å². The van der Waals surface area contributed by atoms with E-state index in [1.807, 2.05) is 19.9 Å². The van der Waals surface area contributed by atoms with Crippen LogP contribution in [0.15, 0.2) is 9.70 Å². The number of hydrogen-bond acceptors (Lipinski definition) is 7. The maximum absolute atomic E-state index is 13.4. The predicted octanol–water partition coefficient (Wildman–Crippen LogP) is 4.83. The van der Waals surface area contributed by atoms with Gasteiger partial charge in [-0.3, -0.25) is 19.1 Å². The molecule has 0 saturated carbocycles. The minimum Gasteiger partial charge on any atom is -0.372 e. The van der Waals surface area contributed by atoms with Crippen molar-refractivity contribution in [3.05, 3.63) is 31.9 Å². The van der Waals surface area contributed by atoms with Crippen LogP contribution in [0.2, 0.25) is 0 Å². The molecule has 3 heterocycles. The molecule has 1 amide bonds. The molecule has 2 aliphatic heterocycles. The third kappa shape index (κ3) is 5.99. The molecule has 7 nitrogen and oxygen atoms in total. The van der Waals surface area contributed by atoms with E-state index in [0.717, 1.165) is 43.5 Å². The minimum absolute atomic E-state index is 0.00551. The first-order chi connectivity index (χ1) is 16.7. The third-order valence-corrected chi connectivity index (χ3v) is 7.81. The molecule has 2 atom stereocenters. The number of ether oxygens (including phenoxy) is 1. The van der Waals surface area contributed by atoms with E-state index in [0.29, 0.717) is 41.0 Å². The third-order valence-electron chi connectivity index (χ3n) is 6.44. The van der Waals surface area contributed by atoms with Crippen LogP contribution in [0.5, 0.6) is 0 Å². The maximum atomic E-state index is 13.4. The number of morpholine rings is 1. The fourth-order valence-electron chi connectivity index (χ4n) is 4.70. The molecule has 0 aromatic carbocycles. The number of carbonyl (C=O) groups excluding carboxylic acids is 1. The van der Waals surface area contributed by atoms with E-state index in [1.165, 1.54) is 11.8 Å². The van der Waals surface area contributed by atoms with Gasteiger partial charge in [0.1, 0.15) is 21.8 Å². The quantitative estimate of drug-likeness (QED) is 0.264. The lowest BCUT2D eigenvalue weighted by Crippen LogP contribution is -2.48. The molecule has 2 saturated heterocycles. The molecule has 2 unspecified atom stereocenters. The number of pyridine rings is 1. The zero-order valence-corrected chi connectivity index (χ0v) is 23.1. The summed E-state index contributed by atoms with van der Waals surface area (Å²) in [5, 5.41) is 9.86. The Morgan fingerprint density at radius 3 is 2.37 bits per heavy atom. The highest BCUT2D eigenvalue weighted by atomic mass is 32.2. The molecule has 1 aromatic rings. The van der Waals surface area contributed by atoms with Crippen LogP contribution in [0, 0.1) is 18.3 Å². The molecular weight excluding hydrogens is 480 g/mol. The zero-order valence-electron chi connectivity index (χ0n) is 21.4. The first-order valence-electron chi connectivity index (χ1n) is 12.6. The Morgan fingerprint density at radius 2 is 1.77 bits per heavy atom. The summed E-state index contributed by atoms with van der Waals surface area (Å²) < 4.78 is 8.24. The maximum Gasteiger partial charge on any atom is 0.270 e. The lowest BCUT2D eigenvalue weighted by atomic mass is 10.0. The van der Waals surface area contributed by atoms with Crippen LogP contribution in [0.1, 0.15) is 76.5 Å². The predicted molar refractivity (Wildman–Crippen MR) is 147 cm³/mol. The molecule has 0 radical (unpaired) electrons. The van der Waals surface area contributed by atoms with E-state index in [2.05, 4.69) is 24.8 Å². The Balaban J connectivity index is 2.17. The number of nitrogens with zero attached hydrogens (tertiary/aromatic N) is 4. The molecule has 3 rings (SSSR count). The van der Waals surface area contributed by atoms with Crippen LogP contribution < -0.4 is 10.5 Å². The summed E-state index contributed by atoms with van der Waals surface area (Å²) in [5.74, 6) is 0.660. The van der Waals surface area contributed by atoms with Crippen LogP contribution in [0.25, 0.3) is 6.08 Å². The van der Waals surface area contributed by atoms with Crippen molar-refractivity contribution in [2.75, 3.05) is 24.5 Å². The van der Waals surface area contributed by atoms with Crippen LogP contribution in [0.3, 0.4) is 0 Å².